The van der Waals surface area contributed by atoms with E-state index in [1.807, 2.05) is 30.3 Å². The molecule has 0 bridgehead atoms. The minimum Gasteiger partial charge on any atom is -0.477 e. The Morgan fingerprint density at radius 3 is 2.42 bits per heavy atom. The Morgan fingerprint density at radius 1 is 1.00 bits per heavy atom. The summed E-state index contributed by atoms with van der Waals surface area (Å²) >= 11 is 5.92. The number of halogens is 2. The largest absolute Gasteiger partial charge is 0.477 e. The fourth-order valence-electron chi connectivity index (χ4n) is 4.09. The molecule has 1 unspecified atom stereocenters. The van der Waals surface area contributed by atoms with Gasteiger partial charge in [-0.2, -0.15) is 0 Å². The first-order valence-electron chi connectivity index (χ1n) is 10.4. The number of aromatic nitrogens is 1. The van der Waals surface area contributed by atoms with Crippen LogP contribution < -0.4 is 5.43 Å². The summed E-state index contributed by atoms with van der Waals surface area (Å²) in [4.78, 5) is 25.2. The molecule has 1 aromatic heterocycles. The molecule has 168 valence electrons. The van der Waals surface area contributed by atoms with Gasteiger partial charge in [-0.05, 0) is 29.3 Å². The summed E-state index contributed by atoms with van der Waals surface area (Å²) in [6, 6.07) is 20.5. The Balaban J connectivity index is 1.89. The zero-order valence-electron chi connectivity index (χ0n) is 17.5. The second kappa shape index (κ2) is 9.57. The van der Waals surface area contributed by atoms with Crippen molar-refractivity contribution in [1.29, 1.82) is 0 Å². The van der Waals surface area contributed by atoms with E-state index in [9.17, 15) is 24.2 Å². The van der Waals surface area contributed by atoms with Crippen LogP contribution in [0.15, 0.2) is 77.6 Å². The average molecular weight is 466 g/mol. The quantitative estimate of drug-likeness (QED) is 0.415. The molecule has 1 heterocycles. The van der Waals surface area contributed by atoms with Crippen molar-refractivity contribution in [3.05, 3.63) is 116 Å². The van der Waals surface area contributed by atoms with E-state index >= 15 is 0 Å². The molecule has 33 heavy (non-hydrogen) atoms. The second-order valence-corrected chi connectivity index (χ2v) is 8.22. The molecule has 0 fully saturated rings. The molecule has 2 N–H and O–H groups in total. The molecule has 1 atom stereocenters. The average Bonchev–Trinajstić information content (AvgIpc) is 2.80. The van der Waals surface area contributed by atoms with Gasteiger partial charge in [-0.25, -0.2) is 9.18 Å². The molecule has 0 saturated heterocycles. The normalized spacial score (nSPS) is 12.1. The van der Waals surface area contributed by atoms with E-state index in [0.717, 1.165) is 5.56 Å². The van der Waals surface area contributed by atoms with E-state index in [1.165, 1.54) is 12.1 Å². The Bertz CT molecular complexity index is 1380. The number of pyridine rings is 1. The fraction of sp³-hybridized carbons (Fsp3) is 0.154. The number of benzene rings is 3. The van der Waals surface area contributed by atoms with Crippen LogP contribution in [0.1, 0.15) is 27.2 Å². The number of nitrogens with zero attached hydrogens (tertiary/aromatic N) is 1. The minimum absolute atomic E-state index is 0.0213. The van der Waals surface area contributed by atoms with Crippen LogP contribution in [-0.4, -0.2) is 26.9 Å². The molecule has 0 aliphatic heterocycles. The van der Waals surface area contributed by atoms with Crippen molar-refractivity contribution in [2.24, 2.45) is 0 Å². The van der Waals surface area contributed by atoms with Crippen molar-refractivity contribution >= 4 is 28.5 Å². The summed E-state index contributed by atoms with van der Waals surface area (Å²) < 4.78 is 16.3. The van der Waals surface area contributed by atoms with E-state index in [0.29, 0.717) is 11.9 Å². The molecular weight excluding hydrogens is 445 g/mol. The summed E-state index contributed by atoms with van der Waals surface area (Å²) in [6.45, 7) is 0.0213. The van der Waals surface area contributed by atoms with Crippen LogP contribution in [0.25, 0.3) is 10.9 Å². The molecule has 0 saturated carbocycles. The first kappa shape index (κ1) is 22.7. The Hall–Kier alpha value is -3.48. The number of hydrogen-bond donors (Lipinski definition) is 2. The van der Waals surface area contributed by atoms with Crippen molar-refractivity contribution in [3.63, 3.8) is 0 Å². The monoisotopic (exact) mass is 465 g/mol. The summed E-state index contributed by atoms with van der Waals surface area (Å²) in [5.41, 5.74) is 0.558. The van der Waals surface area contributed by atoms with Gasteiger partial charge in [-0.1, -0.05) is 66.2 Å². The van der Waals surface area contributed by atoms with Crippen LogP contribution in [0.3, 0.4) is 0 Å². The molecule has 3 aromatic carbocycles. The van der Waals surface area contributed by atoms with Gasteiger partial charge in [0.15, 0.2) is 0 Å². The first-order valence-corrected chi connectivity index (χ1v) is 10.8. The minimum atomic E-state index is -1.41. The Morgan fingerprint density at radius 2 is 1.70 bits per heavy atom. The van der Waals surface area contributed by atoms with Crippen LogP contribution in [0.4, 0.5) is 4.39 Å². The smallest absolute Gasteiger partial charge is 0.341 e. The van der Waals surface area contributed by atoms with Crippen LogP contribution in [-0.2, 0) is 19.4 Å². The van der Waals surface area contributed by atoms with Gasteiger partial charge in [0.25, 0.3) is 0 Å². The van der Waals surface area contributed by atoms with E-state index < -0.39 is 28.9 Å². The van der Waals surface area contributed by atoms with Crippen molar-refractivity contribution in [3.8, 4) is 0 Å². The number of aliphatic hydroxyl groups excluding tert-OH is 1. The number of fused-ring (bicyclic) bond motifs is 1. The van der Waals surface area contributed by atoms with E-state index in [1.54, 1.807) is 34.9 Å². The number of aromatic carboxylic acids is 1. The van der Waals surface area contributed by atoms with Crippen molar-refractivity contribution in [2.75, 3.05) is 0 Å². The Labute approximate surface area is 194 Å². The van der Waals surface area contributed by atoms with Gasteiger partial charge in [0, 0.05) is 30.5 Å². The lowest BCUT2D eigenvalue weighted by Gasteiger charge is -2.22. The molecule has 0 radical (unpaired) electrons. The van der Waals surface area contributed by atoms with Crippen LogP contribution in [0, 0.1) is 5.82 Å². The van der Waals surface area contributed by atoms with Crippen molar-refractivity contribution in [2.45, 2.75) is 25.5 Å². The molecule has 4 aromatic rings. The number of carboxylic acids is 1. The predicted octanol–water partition coefficient (Wildman–Crippen LogP) is 4.69. The predicted molar refractivity (Wildman–Crippen MR) is 126 cm³/mol. The molecule has 0 amide bonds. The van der Waals surface area contributed by atoms with E-state index in [4.69, 9.17) is 11.6 Å². The topological polar surface area (TPSA) is 79.5 Å². The molecule has 0 aliphatic rings. The van der Waals surface area contributed by atoms with Gasteiger partial charge in [0.1, 0.15) is 11.4 Å². The standard InChI is InChI=1S/C26H21ClFNO4/c27-20-11-6-9-17(24(20)28)14-22-23(26(32)33)25(31)19-10-4-5-12-21(19)29(22)15-18(30)13-16-7-2-1-3-8-16/h1-12,18,30H,13-15H2,(H,32,33). The number of rotatable bonds is 7. The van der Waals surface area contributed by atoms with E-state index in [2.05, 4.69) is 0 Å². The number of carbonyl (C=O) groups is 1. The maximum atomic E-state index is 14.7. The maximum absolute atomic E-state index is 14.7. The van der Waals surface area contributed by atoms with Crippen LogP contribution in [0.2, 0.25) is 5.02 Å². The number of hydrogen-bond acceptors (Lipinski definition) is 3. The van der Waals surface area contributed by atoms with E-state index in [-0.39, 0.29) is 34.6 Å². The van der Waals surface area contributed by atoms with Gasteiger partial charge in [-0.15, -0.1) is 0 Å². The highest BCUT2D eigenvalue weighted by atomic mass is 35.5. The first-order chi connectivity index (χ1) is 15.9. The van der Waals surface area contributed by atoms with Gasteiger partial charge < -0.3 is 14.8 Å². The second-order valence-electron chi connectivity index (χ2n) is 7.82. The molecular formula is C26H21ClFNO4. The van der Waals surface area contributed by atoms with Crippen molar-refractivity contribution in [1.82, 2.24) is 4.57 Å². The number of carboxylic acid groups (broad SMARTS) is 1. The third-order valence-electron chi connectivity index (χ3n) is 5.59. The van der Waals surface area contributed by atoms with Gasteiger partial charge >= 0.3 is 5.97 Å². The maximum Gasteiger partial charge on any atom is 0.341 e. The summed E-state index contributed by atoms with van der Waals surface area (Å²) in [7, 11) is 0. The van der Waals surface area contributed by atoms with Crippen LogP contribution in [0.5, 0.6) is 0 Å². The SMILES string of the molecule is O=C(O)c1c(Cc2cccc(Cl)c2F)n(CC(O)Cc2ccccc2)c2ccccc2c1=O. The lowest BCUT2D eigenvalue weighted by molar-refractivity contribution is 0.0692. The summed E-state index contributed by atoms with van der Waals surface area (Å²) in [5, 5.41) is 20.9. The highest BCUT2D eigenvalue weighted by Gasteiger charge is 2.24. The third-order valence-corrected chi connectivity index (χ3v) is 5.88. The molecule has 5 nitrogen and oxygen atoms in total. The van der Waals surface area contributed by atoms with Gasteiger partial charge in [0.05, 0.1) is 16.6 Å². The summed E-state index contributed by atoms with van der Waals surface area (Å²) in [5.74, 6) is -2.08. The zero-order chi connectivity index (χ0) is 23.5. The number of para-hydroxylation sites is 1. The fourth-order valence-corrected chi connectivity index (χ4v) is 4.28. The number of aliphatic hydroxyl groups is 1. The lowest BCUT2D eigenvalue weighted by Crippen LogP contribution is -2.28. The summed E-state index contributed by atoms with van der Waals surface area (Å²) in [6.07, 6.45) is -0.719. The third kappa shape index (κ3) is 4.67. The van der Waals surface area contributed by atoms with Gasteiger partial charge in [0.2, 0.25) is 5.43 Å². The van der Waals surface area contributed by atoms with Crippen molar-refractivity contribution < 1.29 is 19.4 Å². The highest BCUT2D eigenvalue weighted by Crippen LogP contribution is 2.25. The molecule has 7 heteroatoms. The van der Waals surface area contributed by atoms with Crippen LogP contribution >= 0.6 is 11.6 Å². The molecule has 4 rings (SSSR count). The molecule has 0 aliphatic carbocycles. The highest BCUT2D eigenvalue weighted by molar-refractivity contribution is 6.30. The van der Waals surface area contributed by atoms with Gasteiger partial charge in [-0.3, -0.25) is 4.79 Å². The lowest BCUT2D eigenvalue weighted by atomic mass is 10.00. The molecule has 0 spiro atoms. The zero-order valence-corrected chi connectivity index (χ0v) is 18.3. The Kier molecular flexibility index (Phi) is 6.58.